The molecule has 0 aliphatic heterocycles. The quantitative estimate of drug-likeness (QED) is 0.630. The Bertz CT molecular complexity index is 340. The summed E-state index contributed by atoms with van der Waals surface area (Å²) in [7, 11) is 0. The zero-order valence-corrected chi connectivity index (χ0v) is 9.68. The minimum Gasteiger partial charge on any atom is -0.507 e. The van der Waals surface area contributed by atoms with Gasteiger partial charge in [-0.25, -0.2) is 0 Å². The Balaban J connectivity index is 3.39. The maximum atomic E-state index is 9.83. The molecular weight excluding hydrogens is 208 g/mol. The lowest BCUT2D eigenvalue weighted by molar-refractivity contribution is 0.179. The highest BCUT2D eigenvalue weighted by molar-refractivity contribution is 5.46. The first-order valence-corrected chi connectivity index (χ1v) is 5.25. The predicted octanol–water partition coefficient (Wildman–Crippen LogP) is 1.55. The van der Waals surface area contributed by atoms with Crippen molar-refractivity contribution in [3.63, 3.8) is 0 Å². The second-order valence-electron chi connectivity index (χ2n) is 4.08. The van der Waals surface area contributed by atoms with Crippen LogP contribution in [-0.4, -0.2) is 20.4 Å². The second kappa shape index (κ2) is 4.82. The van der Waals surface area contributed by atoms with Gasteiger partial charge < -0.3 is 20.4 Å². The van der Waals surface area contributed by atoms with Crippen LogP contribution in [0.15, 0.2) is 12.1 Å². The van der Waals surface area contributed by atoms with Crippen molar-refractivity contribution < 1.29 is 20.4 Å². The van der Waals surface area contributed by atoms with Gasteiger partial charge in [0.1, 0.15) is 5.75 Å². The molecule has 0 saturated carbocycles. The summed E-state index contributed by atoms with van der Waals surface area (Å²) in [5.74, 6) is -0.116. The number of hydrogen-bond acceptors (Lipinski definition) is 4. The number of phenolic OH excluding ortho intramolecular Hbond substituents is 1. The average Bonchev–Trinajstić information content (AvgIpc) is 2.16. The monoisotopic (exact) mass is 226 g/mol. The molecule has 4 N–H and O–H groups in total. The Hall–Kier alpha value is -1.10. The van der Waals surface area contributed by atoms with Crippen molar-refractivity contribution in [2.45, 2.75) is 39.1 Å². The van der Waals surface area contributed by atoms with E-state index in [1.807, 2.05) is 0 Å². The van der Waals surface area contributed by atoms with Crippen LogP contribution in [0.25, 0.3) is 0 Å². The van der Waals surface area contributed by atoms with Gasteiger partial charge in [0.25, 0.3) is 0 Å². The highest BCUT2D eigenvalue weighted by atomic mass is 16.3. The van der Waals surface area contributed by atoms with Gasteiger partial charge >= 0.3 is 0 Å². The number of rotatable bonds is 3. The normalized spacial score (nSPS) is 16.9. The second-order valence-corrected chi connectivity index (χ2v) is 4.08. The third-order valence-corrected chi connectivity index (χ3v) is 2.57. The van der Waals surface area contributed by atoms with Gasteiger partial charge in [0.15, 0.2) is 0 Å². The van der Waals surface area contributed by atoms with Crippen LogP contribution in [0.5, 0.6) is 5.75 Å². The SMILES string of the molecule is CC(O)c1cc(C(C)O)c(O)c(C(C)O)c1. The molecule has 0 heterocycles. The zero-order valence-electron chi connectivity index (χ0n) is 9.68. The van der Waals surface area contributed by atoms with Gasteiger partial charge in [0.2, 0.25) is 0 Å². The van der Waals surface area contributed by atoms with E-state index < -0.39 is 18.3 Å². The van der Waals surface area contributed by atoms with E-state index in [9.17, 15) is 20.4 Å². The molecule has 3 atom stereocenters. The molecule has 3 unspecified atom stereocenters. The average molecular weight is 226 g/mol. The Morgan fingerprint density at radius 3 is 1.44 bits per heavy atom. The Labute approximate surface area is 94.8 Å². The Morgan fingerprint density at radius 1 is 0.812 bits per heavy atom. The fourth-order valence-corrected chi connectivity index (χ4v) is 1.58. The molecule has 16 heavy (non-hydrogen) atoms. The number of phenols is 1. The van der Waals surface area contributed by atoms with E-state index in [1.165, 1.54) is 26.0 Å². The van der Waals surface area contributed by atoms with Crippen LogP contribution in [0.1, 0.15) is 55.8 Å². The summed E-state index contributed by atoms with van der Waals surface area (Å²) in [6, 6.07) is 3.08. The van der Waals surface area contributed by atoms with Gasteiger partial charge in [-0.3, -0.25) is 0 Å². The van der Waals surface area contributed by atoms with Crippen LogP contribution in [0.3, 0.4) is 0 Å². The van der Waals surface area contributed by atoms with E-state index in [-0.39, 0.29) is 5.75 Å². The van der Waals surface area contributed by atoms with Crippen molar-refractivity contribution in [2.75, 3.05) is 0 Å². The highest BCUT2D eigenvalue weighted by Gasteiger charge is 2.18. The summed E-state index contributed by atoms with van der Waals surface area (Å²) >= 11 is 0. The first-order valence-electron chi connectivity index (χ1n) is 5.25. The van der Waals surface area contributed by atoms with Crippen LogP contribution in [-0.2, 0) is 0 Å². The molecule has 1 aromatic carbocycles. The van der Waals surface area contributed by atoms with Crippen LogP contribution < -0.4 is 0 Å². The predicted molar refractivity (Wildman–Crippen MR) is 60.0 cm³/mol. The van der Waals surface area contributed by atoms with Crippen LogP contribution in [0, 0.1) is 0 Å². The van der Waals surface area contributed by atoms with Crippen LogP contribution in [0.2, 0.25) is 0 Å². The lowest BCUT2D eigenvalue weighted by Gasteiger charge is -2.17. The van der Waals surface area contributed by atoms with E-state index in [0.717, 1.165) is 0 Å². The third kappa shape index (κ3) is 2.52. The van der Waals surface area contributed by atoms with E-state index in [2.05, 4.69) is 0 Å². The first-order chi connectivity index (χ1) is 7.34. The minimum atomic E-state index is -0.851. The molecule has 0 aliphatic rings. The maximum absolute atomic E-state index is 9.83. The number of aliphatic hydroxyl groups is 3. The number of aliphatic hydroxyl groups excluding tert-OH is 3. The lowest BCUT2D eigenvalue weighted by Crippen LogP contribution is -2.02. The summed E-state index contributed by atoms with van der Waals surface area (Å²) < 4.78 is 0. The summed E-state index contributed by atoms with van der Waals surface area (Å²) in [5.41, 5.74) is 1.19. The molecule has 90 valence electrons. The number of hydrogen-bond donors (Lipinski definition) is 4. The molecule has 0 radical (unpaired) electrons. The van der Waals surface area contributed by atoms with Gasteiger partial charge in [-0.15, -0.1) is 0 Å². The van der Waals surface area contributed by atoms with Crippen molar-refractivity contribution >= 4 is 0 Å². The highest BCUT2D eigenvalue weighted by Crippen LogP contribution is 2.34. The first kappa shape index (κ1) is 13.0. The summed E-state index contributed by atoms with van der Waals surface area (Å²) in [5, 5.41) is 38.3. The van der Waals surface area contributed by atoms with Crippen molar-refractivity contribution in [1.82, 2.24) is 0 Å². The maximum Gasteiger partial charge on any atom is 0.127 e. The molecular formula is C12H18O4. The number of benzene rings is 1. The van der Waals surface area contributed by atoms with E-state index >= 15 is 0 Å². The minimum absolute atomic E-state index is 0.116. The molecule has 4 nitrogen and oxygen atoms in total. The van der Waals surface area contributed by atoms with Gasteiger partial charge in [0.05, 0.1) is 18.3 Å². The topological polar surface area (TPSA) is 80.9 Å². The summed E-state index contributed by atoms with van der Waals surface area (Å²) in [6.45, 7) is 4.63. The smallest absolute Gasteiger partial charge is 0.127 e. The van der Waals surface area contributed by atoms with Gasteiger partial charge in [-0.2, -0.15) is 0 Å². The van der Waals surface area contributed by atoms with Crippen LogP contribution in [0.4, 0.5) is 0 Å². The van der Waals surface area contributed by atoms with Gasteiger partial charge in [0, 0.05) is 11.1 Å². The van der Waals surface area contributed by atoms with Crippen molar-refractivity contribution in [3.05, 3.63) is 28.8 Å². The van der Waals surface area contributed by atoms with Gasteiger partial charge in [-0.1, -0.05) is 0 Å². The van der Waals surface area contributed by atoms with Crippen LogP contribution >= 0.6 is 0 Å². The van der Waals surface area contributed by atoms with Crippen molar-refractivity contribution in [1.29, 1.82) is 0 Å². The molecule has 0 saturated heterocycles. The van der Waals surface area contributed by atoms with Crippen molar-refractivity contribution in [2.24, 2.45) is 0 Å². The zero-order chi connectivity index (χ0) is 12.5. The standard InChI is InChI=1S/C12H18O4/c1-6(13)9-4-10(7(2)14)12(16)11(5-9)8(3)15/h4-8,13-16H,1-3H3. The van der Waals surface area contributed by atoms with E-state index in [4.69, 9.17) is 0 Å². The molecule has 0 aromatic heterocycles. The van der Waals surface area contributed by atoms with E-state index in [0.29, 0.717) is 16.7 Å². The fraction of sp³-hybridized carbons (Fsp3) is 0.500. The fourth-order valence-electron chi connectivity index (χ4n) is 1.58. The molecule has 1 aromatic rings. The molecule has 0 fully saturated rings. The Morgan fingerprint density at radius 2 is 1.19 bits per heavy atom. The summed E-state index contributed by atoms with van der Waals surface area (Å²) in [4.78, 5) is 0. The van der Waals surface area contributed by atoms with Gasteiger partial charge in [-0.05, 0) is 38.5 Å². The molecule has 0 amide bonds. The molecule has 0 bridgehead atoms. The Kier molecular flexibility index (Phi) is 3.91. The third-order valence-electron chi connectivity index (χ3n) is 2.57. The molecule has 4 heteroatoms. The molecule has 0 aliphatic carbocycles. The summed E-state index contributed by atoms with van der Waals surface area (Å²) in [6.07, 6.45) is -2.41. The molecule has 1 rings (SSSR count). The largest absolute Gasteiger partial charge is 0.507 e. The molecule has 0 spiro atoms. The van der Waals surface area contributed by atoms with Crippen molar-refractivity contribution in [3.8, 4) is 5.75 Å². The number of aromatic hydroxyl groups is 1. The lowest BCUT2D eigenvalue weighted by atomic mass is 9.96. The van der Waals surface area contributed by atoms with E-state index in [1.54, 1.807) is 6.92 Å².